The predicted octanol–water partition coefficient (Wildman–Crippen LogP) is 1.73. The monoisotopic (exact) mass is 280 g/mol. The van der Waals surface area contributed by atoms with Crippen molar-refractivity contribution < 1.29 is 9.84 Å². The highest BCUT2D eigenvalue weighted by molar-refractivity contribution is 4.83. The summed E-state index contributed by atoms with van der Waals surface area (Å²) in [5, 5.41) is 24.2. The van der Waals surface area contributed by atoms with E-state index in [2.05, 4.69) is 11.5 Å². The third kappa shape index (κ3) is 4.62. The van der Waals surface area contributed by atoms with E-state index in [1.54, 1.807) is 4.90 Å². The number of ether oxygens (including phenoxy) is 1. The summed E-state index contributed by atoms with van der Waals surface area (Å²) in [6.07, 6.45) is 6.12. The number of hydrogen-bond acceptors (Lipinski definition) is 4. The molecule has 0 amide bonds. The van der Waals surface area contributed by atoms with Crippen LogP contribution in [0.2, 0.25) is 0 Å². The molecular formula is C15H26N3O2. The van der Waals surface area contributed by atoms with Crippen LogP contribution < -0.4 is 5.32 Å². The van der Waals surface area contributed by atoms with E-state index in [0.717, 1.165) is 45.4 Å². The molecule has 0 aromatic heterocycles. The molecule has 5 heteroatoms. The first-order valence-corrected chi connectivity index (χ1v) is 7.85. The zero-order chi connectivity index (χ0) is 14.4. The van der Waals surface area contributed by atoms with Gasteiger partial charge in [0.25, 0.3) is 0 Å². The number of likely N-dealkylation sites (tertiary alicyclic amines) is 1. The average Bonchev–Trinajstić information content (AvgIpc) is 2.48. The van der Waals surface area contributed by atoms with E-state index in [4.69, 9.17) is 10.00 Å². The van der Waals surface area contributed by atoms with E-state index >= 15 is 0 Å². The van der Waals surface area contributed by atoms with Gasteiger partial charge in [0.15, 0.2) is 12.5 Å². The standard InChI is InChI=1S/C15H26N3O2/c1-12(14-4-7-18(11-16)8-5-14)20-15(19)9-13-3-2-6-17-10-13/h12-15,17H,2-10H2,1H3. The Bertz CT molecular complexity index is 318. The van der Waals surface area contributed by atoms with Gasteiger partial charge in [0.2, 0.25) is 0 Å². The van der Waals surface area contributed by atoms with Crippen molar-refractivity contribution in [2.45, 2.75) is 51.4 Å². The van der Waals surface area contributed by atoms with Gasteiger partial charge in [-0.05, 0) is 57.5 Å². The van der Waals surface area contributed by atoms with Gasteiger partial charge in [-0.2, -0.15) is 5.26 Å². The van der Waals surface area contributed by atoms with Crippen LogP contribution in [-0.2, 0) is 9.84 Å². The lowest BCUT2D eigenvalue weighted by atomic mass is 9.92. The topological polar surface area (TPSA) is 68.2 Å². The van der Waals surface area contributed by atoms with Crippen molar-refractivity contribution >= 4 is 0 Å². The molecule has 3 unspecified atom stereocenters. The highest BCUT2D eigenvalue weighted by Crippen LogP contribution is 2.24. The zero-order valence-corrected chi connectivity index (χ0v) is 12.4. The molecule has 0 bridgehead atoms. The minimum absolute atomic E-state index is 0.00916. The molecule has 0 aromatic carbocycles. The molecule has 0 spiro atoms. The minimum Gasteiger partial charge on any atom is -0.346 e. The molecule has 20 heavy (non-hydrogen) atoms. The van der Waals surface area contributed by atoms with Gasteiger partial charge < -0.3 is 15.0 Å². The predicted molar refractivity (Wildman–Crippen MR) is 75.1 cm³/mol. The van der Waals surface area contributed by atoms with Crippen molar-refractivity contribution in [3.63, 3.8) is 0 Å². The molecule has 0 saturated carbocycles. The first-order valence-electron chi connectivity index (χ1n) is 7.85. The Morgan fingerprint density at radius 3 is 2.75 bits per heavy atom. The number of nitrogens with zero attached hydrogens (tertiary/aromatic N) is 2. The van der Waals surface area contributed by atoms with Gasteiger partial charge >= 0.3 is 0 Å². The molecule has 2 rings (SSSR count). The van der Waals surface area contributed by atoms with Crippen LogP contribution in [0.15, 0.2) is 0 Å². The summed E-state index contributed by atoms with van der Waals surface area (Å²) in [4.78, 5) is 1.78. The number of hydrogen-bond donors (Lipinski definition) is 1. The van der Waals surface area contributed by atoms with Crippen LogP contribution in [0.3, 0.4) is 0 Å². The SMILES string of the molecule is CC(OC([O])CC1CCCNC1)C1CCN(C#N)CC1. The number of piperidine rings is 2. The number of nitrogens with one attached hydrogen (secondary N) is 1. The van der Waals surface area contributed by atoms with E-state index in [-0.39, 0.29) is 6.10 Å². The molecule has 113 valence electrons. The van der Waals surface area contributed by atoms with Gasteiger partial charge in [0.05, 0.1) is 6.10 Å². The minimum atomic E-state index is -0.899. The lowest BCUT2D eigenvalue weighted by Crippen LogP contribution is -2.37. The van der Waals surface area contributed by atoms with Crippen LogP contribution in [0, 0.1) is 23.3 Å². The molecule has 2 heterocycles. The zero-order valence-electron chi connectivity index (χ0n) is 12.4. The summed E-state index contributed by atoms with van der Waals surface area (Å²) in [5.74, 6) is 0.888. The van der Waals surface area contributed by atoms with E-state index in [1.807, 2.05) is 6.92 Å². The lowest BCUT2D eigenvalue weighted by Gasteiger charge is -2.33. The molecule has 2 aliphatic heterocycles. The molecule has 1 N–H and O–H groups in total. The van der Waals surface area contributed by atoms with E-state index in [1.165, 1.54) is 6.42 Å². The Morgan fingerprint density at radius 2 is 2.15 bits per heavy atom. The fourth-order valence-corrected chi connectivity index (χ4v) is 3.27. The molecule has 2 aliphatic rings. The lowest BCUT2D eigenvalue weighted by molar-refractivity contribution is -0.189. The molecular weight excluding hydrogens is 254 g/mol. The van der Waals surface area contributed by atoms with Crippen LogP contribution in [0.25, 0.3) is 0 Å². The second-order valence-electron chi connectivity index (χ2n) is 6.14. The van der Waals surface area contributed by atoms with Gasteiger partial charge in [-0.25, -0.2) is 5.11 Å². The van der Waals surface area contributed by atoms with E-state index < -0.39 is 6.29 Å². The maximum atomic E-state index is 12.1. The molecule has 3 atom stereocenters. The Morgan fingerprint density at radius 1 is 1.40 bits per heavy atom. The Balaban J connectivity index is 1.68. The number of rotatable bonds is 5. The van der Waals surface area contributed by atoms with Crippen molar-refractivity contribution in [2.24, 2.45) is 11.8 Å². The molecule has 0 aliphatic carbocycles. The van der Waals surface area contributed by atoms with Crippen LogP contribution in [-0.4, -0.2) is 43.5 Å². The second-order valence-corrected chi connectivity index (χ2v) is 6.14. The summed E-state index contributed by atoms with van der Waals surface area (Å²) in [7, 11) is 0. The third-order valence-electron chi connectivity index (χ3n) is 4.64. The summed E-state index contributed by atoms with van der Waals surface area (Å²) in [6, 6.07) is 0. The van der Waals surface area contributed by atoms with Crippen LogP contribution in [0.4, 0.5) is 0 Å². The Labute approximate surface area is 121 Å². The highest BCUT2D eigenvalue weighted by Gasteiger charge is 2.27. The fourth-order valence-electron chi connectivity index (χ4n) is 3.27. The Hall–Kier alpha value is -0.830. The fraction of sp³-hybridized carbons (Fsp3) is 0.933. The van der Waals surface area contributed by atoms with E-state index in [0.29, 0.717) is 18.3 Å². The van der Waals surface area contributed by atoms with Crippen LogP contribution in [0.5, 0.6) is 0 Å². The van der Waals surface area contributed by atoms with Crippen LogP contribution >= 0.6 is 0 Å². The number of nitriles is 1. The van der Waals surface area contributed by atoms with E-state index in [9.17, 15) is 5.11 Å². The van der Waals surface area contributed by atoms with Crippen LogP contribution in [0.1, 0.15) is 39.0 Å². The van der Waals surface area contributed by atoms with Crippen molar-refractivity contribution in [1.29, 1.82) is 5.26 Å². The van der Waals surface area contributed by atoms with Gasteiger partial charge in [-0.15, -0.1) is 0 Å². The molecule has 2 saturated heterocycles. The smallest absolute Gasteiger partial charge is 0.191 e. The quantitative estimate of drug-likeness (QED) is 0.615. The summed E-state index contributed by atoms with van der Waals surface area (Å²) in [5.41, 5.74) is 0. The molecule has 1 radical (unpaired) electrons. The van der Waals surface area contributed by atoms with Crippen molar-refractivity contribution in [3.05, 3.63) is 0 Å². The Kier molecular flexibility index (Phi) is 6.08. The first-order chi connectivity index (χ1) is 9.69. The van der Waals surface area contributed by atoms with Gasteiger partial charge in [0.1, 0.15) is 0 Å². The average molecular weight is 280 g/mol. The highest BCUT2D eigenvalue weighted by atomic mass is 16.6. The maximum Gasteiger partial charge on any atom is 0.191 e. The van der Waals surface area contributed by atoms with Gasteiger partial charge in [0, 0.05) is 19.5 Å². The molecule has 2 fully saturated rings. The maximum absolute atomic E-state index is 12.1. The van der Waals surface area contributed by atoms with Crippen molar-refractivity contribution in [1.82, 2.24) is 10.2 Å². The van der Waals surface area contributed by atoms with Gasteiger partial charge in [-0.1, -0.05) is 0 Å². The first kappa shape index (κ1) is 15.6. The second kappa shape index (κ2) is 7.82. The molecule has 5 nitrogen and oxygen atoms in total. The third-order valence-corrected chi connectivity index (χ3v) is 4.64. The normalized spacial score (nSPS) is 27.9. The summed E-state index contributed by atoms with van der Waals surface area (Å²) >= 11 is 0. The summed E-state index contributed by atoms with van der Waals surface area (Å²) < 4.78 is 5.68. The van der Waals surface area contributed by atoms with Crippen molar-refractivity contribution in [2.75, 3.05) is 26.2 Å². The van der Waals surface area contributed by atoms with Gasteiger partial charge in [-0.3, -0.25) is 0 Å². The van der Waals surface area contributed by atoms with Crippen molar-refractivity contribution in [3.8, 4) is 6.19 Å². The summed E-state index contributed by atoms with van der Waals surface area (Å²) in [6.45, 7) is 5.64. The molecule has 0 aromatic rings. The largest absolute Gasteiger partial charge is 0.346 e.